The van der Waals surface area contributed by atoms with E-state index in [1.807, 2.05) is 4.90 Å². The van der Waals surface area contributed by atoms with Gasteiger partial charge in [0.25, 0.3) is 0 Å². The Labute approximate surface area is 145 Å². The number of hydrogen-bond donors (Lipinski definition) is 1. The molecule has 1 aromatic rings. The summed E-state index contributed by atoms with van der Waals surface area (Å²) in [6.45, 7) is 6.24. The Kier molecular flexibility index (Phi) is 5.96. The molecule has 1 aliphatic rings. The molecule has 120 valence electrons. The van der Waals surface area contributed by atoms with Crippen molar-refractivity contribution in [1.29, 1.82) is 0 Å². The summed E-state index contributed by atoms with van der Waals surface area (Å²) in [5, 5.41) is 3.70. The molecule has 1 aromatic carbocycles. The van der Waals surface area contributed by atoms with Crippen LogP contribution in [0.2, 0.25) is 0 Å². The van der Waals surface area contributed by atoms with E-state index in [0.717, 1.165) is 4.47 Å². The van der Waals surface area contributed by atoms with Crippen LogP contribution in [0.15, 0.2) is 46.3 Å². The van der Waals surface area contributed by atoms with Gasteiger partial charge < -0.3 is 10.2 Å². The second-order valence-electron chi connectivity index (χ2n) is 4.82. The van der Waals surface area contributed by atoms with Crippen LogP contribution in [0.25, 0.3) is 0 Å². The maximum Gasteiger partial charge on any atom is 0.243 e. The molecule has 0 aliphatic carbocycles. The monoisotopic (exact) mass is 403 g/mol. The second-order valence-corrected chi connectivity index (χ2v) is 8.06. The molecule has 2 rings (SSSR count). The van der Waals surface area contributed by atoms with Crippen LogP contribution in [0.4, 0.5) is 0 Å². The van der Waals surface area contributed by atoms with Gasteiger partial charge in [-0.2, -0.15) is 4.31 Å². The van der Waals surface area contributed by atoms with Crippen molar-refractivity contribution in [2.45, 2.75) is 4.90 Å². The van der Waals surface area contributed by atoms with Crippen molar-refractivity contribution >= 4 is 43.3 Å². The number of rotatable bonds is 4. The van der Waals surface area contributed by atoms with E-state index < -0.39 is 10.0 Å². The molecule has 8 heteroatoms. The van der Waals surface area contributed by atoms with Crippen molar-refractivity contribution in [3.8, 4) is 0 Å². The summed E-state index contributed by atoms with van der Waals surface area (Å²) in [6, 6.07) is 6.77. The minimum absolute atomic E-state index is 0.308. The van der Waals surface area contributed by atoms with Crippen LogP contribution in [0.1, 0.15) is 0 Å². The number of nitrogens with one attached hydrogen (secondary N) is 1. The first-order chi connectivity index (χ1) is 10.4. The minimum atomic E-state index is -3.45. The second kappa shape index (κ2) is 7.54. The van der Waals surface area contributed by atoms with Crippen LogP contribution in [0.3, 0.4) is 0 Å². The number of benzene rings is 1. The molecule has 1 aliphatic heterocycles. The van der Waals surface area contributed by atoms with E-state index in [9.17, 15) is 8.42 Å². The number of halogens is 1. The molecule has 1 fully saturated rings. The lowest BCUT2D eigenvalue weighted by atomic mass is 10.4. The van der Waals surface area contributed by atoms with Crippen LogP contribution in [-0.4, -0.2) is 55.5 Å². The number of hydrogen-bond acceptors (Lipinski definition) is 3. The Morgan fingerprint density at radius 2 is 2.05 bits per heavy atom. The van der Waals surface area contributed by atoms with Gasteiger partial charge in [-0.3, -0.25) is 0 Å². The molecule has 0 bridgehead atoms. The summed E-state index contributed by atoms with van der Waals surface area (Å²) in [6.07, 6.45) is 1.74. The maximum atomic E-state index is 12.6. The summed E-state index contributed by atoms with van der Waals surface area (Å²) in [5.41, 5.74) is 0. The quantitative estimate of drug-likeness (QED) is 0.613. The lowest BCUT2D eigenvalue weighted by Gasteiger charge is -2.35. The van der Waals surface area contributed by atoms with Crippen molar-refractivity contribution in [2.24, 2.45) is 0 Å². The predicted octanol–water partition coefficient (Wildman–Crippen LogP) is 1.82. The predicted molar refractivity (Wildman–Crippen MR) is 95.3 cm³/mol. The third kappa shape index (κ3) is 4.07. The van der Waals surface area contributed by atoms with Gasteiger partial charge in [0.15, 0.2) is 5.11 Å². The van der Waals surface area contributed by atoms with Crippen molar-refractivity contribution in [1.82, 2.24) is 14.5 Å². The van der Waals surface area contributed by atoms with Crippen molar-refractivity contribution in [2.75, 3.05) is 32.7 Å². The fourth-order valence-corrected chi connectivity index (χ4v) is 4.46. The summed E-state index contributed by atoms with van der Waals surface area (Å²) >= 11 is 8.58. The summed E-state index contributed by atoms with van der Waals surface area (Å²) in [4.78, 5) is 2.29. The third-order valence-corrected chi connectivity index (χ3v) is 6.15. The van der Waals surface area contributed by atoms with Crippen LogP contribution in [0.5, 0.6) is 0 Å². The van der Waals surface area contributed by atoms with Crippen molar-refractivity contribution in [3.05, 3.63) is 41.4 Å². The molecule has 1 saturated heterocycles. The zero-order valence-electron chi connectivity index (χ0n) is 12.0. The molecule has 0 amide bonds. The van der Waals surface area contributed by atoms with Gasteiger partial charge in [-0.15, -0.1) is 6.58 Å². The lowest BCUT2D eigenvalue weighted by molar-refractivity contribution is 0.264. The molecule has 0 saturated carbocycles. The Bertz CT molecular complexity index is 656. The van der Waals surface area contributed by atoms with Crippen LogP contribution >= 0.6 is 28.1 Å². The molecule has 0 unspecified atom stereocenters. The highest BCUT2D eigenvalue weighted by Crippen LogP contribution is 2.21. The first kappa shape index (κ1) is 17.4. The van der Waals surface area contributed by atoms with Gasteiger partial charge in [-0.05, 0) is 30.4 Å². The van der Waals surface area contributed by atoms with Crippen molar-refractivity contribution < 1.29 is 8.42 Å². The maximum absolute atomic E-state index is 12.6. The zero-order valence-corrected chi connectivity index (χ0v) is 15.3. The van der Waals surface area contributed by atoms with Gasteiger partial charge >= 0.3 is 0 Å². The SMILES string of the molecule is C=CCNC(=S)N1CCN(S(=O)(=O)c2cccc(Br)c2)CC1. The summed E-state index contributed by atoms with van der Waals surface area (Å²) in [5.74, 6) is 0. The van der Waals surface area contributed by atoms with Gasteiger partial charge in [0.2, 0.25) is 10.0 Å². The number of thiocarbonyl (C=S) groups is 1. The molecular formula is C14H18BrN3O2S2. The van der Waals surface area contributed by atoms with Gasteiger partial charge in [-0.25, -0.2) is 8.42 Å². The van der Waals surface area contributed by atoms with E-state index in [0.29, 0.717) is 42.7 Å². The van der Waals surface area contributed by atoms with E-state index in [2.05, 4.69) is 27.8 Å². The van der Waals surface area contributed by atoms with Crippen LogP contribution in [-0.2, 0) is 10.0 Å². The van der Waals surface area contributed by atoms with E-state index in [4.69, 9.17) is 12.2 Å². The smallest absolute Gasteiger partial charge is 0.243 e. The molecule has 0 radical (unpaired) electrons. The molecule has 0 spiro atoms. The topological polar surface area (TPSA) is 52.6 Å². The van der Waals surface area contributed by atoms with Crippen LogP contribution < -0.4 is 5.32 Å². The molecule has 5 nitrogen and oxygen atoms in total. The summed E-state index contributed by atoms with van der Waals surface area (Å²) < 4.78 is 27.5. The van der Waals surface area contributed by atoms with Crippen molar-refractivity contribution in [3.63, 3.8) is 0 Å². The molecular weight excluding hydrogens is 386 g/mol. The lowest BCUT2D eigenvalue weighted by Crippen LogP contribution is -2.53. The Balaban J connectivity index is 2.02. The van der Waals surface area contributed by atoms with Gasteiger partial charge in [0, 0.05) is 37.2 Å². The summed E-state index contributed by atoms with van der Waals surface area (Å²) in [7, 11) is -3.45. The van der Waals surface area contributed by atoms with E-state index in [1.165, 1.54) is 4.31 Å². The highest BCUT2D eigenvalue weighted by Gasteiger charge is 2.29. The highest BCUT2D eigenvalue weighted by molar-refractivity contribution is 9.10. The average molecular weight is 404 g/mol. The van der Waals surface area contributed by atoms with Gasteiger partial charge in [-0.1, -0.05) is 28.1 Å². The highest BCUT2D eigenvalue weighted by atomic mass is 79.9. The Hall–Kier alpha value is -0.960. The fourth-order valence-electron chi connectivity index (χ4n) is 2.18. The van der Waals surface area contributed by atoms with E-state index in [1.54, 1.807) is 30.3 Å². The van der Waals surface area contributed by atoms with Crippen LogP contribution in [0, 0.1) is 0 Å². The first-order valence-corrected chi connectivity index (χ1v) is 9.48. The fraction of sp³-hybridized carbons (Fsp3) is 0.357. The average Bonchev–Trinajstić information content (AvgIpc) is 2.52. The molecule has 1 heterocycles. The van der Waals surface area contributed by atoms with Gasteiger partial charge in [0.1, 0.15) is 0 Å². The minimum Gasteiger partial charge on any atom is -0.359 e. The number of piperazine rings is 1. The largest absolute Gasteiger partial charge is 0.359 e. The van der Waals surface area contributed by atoms with Gasteiger partial charge in [0.05, 0.1) is 4.90 Å². The van der Waals surface area contributed by atoms with E-state index >= 15 is 0 Å². The normalized spacial score (nSPS) is 16.3. The van der Waals surface area contributed by atoms with E-state index in [-0.39, 0.29) is 0 Å². The first-order valence-electron chi connectivity index (χ1n) is 6.84. The zero-order chi connectivity index (χ0) is 16.2. The standard InChI is InChI=1S/C14H18BrN3O2S2/c1-2-6-16-14(21)17-7-9-18(10-8-17)22(19,20)13-5-3-4-12(15)11-13/h2-5,11H,1,6-10H2,(H,16,21). The number of sulfonamides is 1. The third-order valence-electron chi connectivity index (χ3n) is 3.36. The Morgan fingerprint density at radius 3 is 2.64 bits per heavy atom. The molecule has 1 N–H and O–H groups in total. The number of nitrogens with zero attached hydrogens (tertiary/aromatic N) is 2. The Morgan fingerprint density at radius 1 is 1.36 bits per heavy atom. The molecule has 22 heavy (non-hydrogen) atoms. The molecule has 0 aromatic heterocycles. The molecule has 0 atom stereocenters.